The molecule has 0 aliphatic carbocycles. The molecule has 1 rings (SSSR count). The molecule has 1 aliphatic rings. The third-order valence-electron chi connectivity index (χ3n) is 2.22. The van der Waals surface area contributed by atoms with Gasteiger partial charge in [-0.15, -0.1) is 0 Å². The second-order valence-electron chi connectivity index (χ2n) is 3.12. The molecule has 0 saturated carbocycles. The van der Waals surface area contributed by atoms with Crippen molar-refractivity contribution in [1.82, 2.24) is 8.01 Å². The zero-order chi connectivity index (χ0) is 10.6. The average molecular weight is 305 g/mol. The van der Waals surface area contributed by atoms with E-state index in [2.05, 4.69) is 38.6 Å². The van der Waals surface area contributed by atoms with Crippen molar-refractivity contribution in [2.75, 3.05) is 19.6 Å². The van der Waals surface area contributed by atoms with Crippen LogP contribution in [0.4, 0.5) is 0 Å². The molecule has 0 aromatic heterocycles. The quantitative estimate of drug-likeness (QED) is 0.433. The van der Waals surface area contributed by atoms with E-state index in [0.717, 1.165) is 13.1 Å². The third-order valence-corrected chi connectivity index (χ3v) is 3.09. The molecule has 0 aromatic carbocycles. The molecule has 1 amide bonds. The summed E-state index contributed by atoms with van der Waals surface area (Å²) in [5.74, 6) is -0.0743. The van der Waals surface area contributed by atoms with E-state index in [1.165, 1.54) is 6.08 Å². The van der Waals surface area contributed by atoms with Gasteiger partial charge in [-0.1, -0.05) is 6.58 Å². The lowest BCUT2D eigenvalue weighted by atomic mass is 10.1. The van der Waals surface area contributed by atoms with E-state index in [1.54, 1.807) is 4.90 Å². The van der Waals surface area contributed by atoms with Crippen molar-refractivity contribution in [1.29, 1.82) is 5.26 Å². The Morgan fingerprint density at radius 1 is 1.71 bits per heavy atom. The van der Waals surface area contributed by atoms with Crippen molar-refractivity contribution in [2.24, 2.45) is 0 Å². The number of carbonyl (C=O) groups excluding carboxylic acids is 1. The molecule has 1 unspecified atom stereocenters. The lowest BCUT2D eigenvalue weighted by molar-refractivity contribution is -0.129. The monoisotopic (exact) mass is 305 g/mol. The Labute approximate surface area is 97.7 Å². The van der Waals surface area contributed by atoms with Crippen LogP contribution < -0.4 is 0 Å². The van der Waals surface area contributed by atoms with E-state index in [4.69, 9.17) is 5.26 Å². The van der Waals surface area contributed by atoms with Crippen LogP contribution in [0.5, 0.6) is 0 Å². The molecule has 4 nitrogen and oxygen atoms in total. The van der Waals surface area contributed by atoms with E-state index in [-0.39, 0.29) is 11.9 Å². The van der Waals surface area contributed by atoms with E-state index in [0.29, 0.717) is 13.0 Å². The van der Waals surface area contributed by atoms with Crippen molar-refractivity contribution in [3.05, 3.63) is 12.7 Å². The maximum atomic E-state index is 11.4. The van der Waals surface area contributed by atoms with Crippen LogP contribution in [0.15, 0.2) is 12.7 Å². The summed E-state index contributed by atoms with van der Waals surface area (Å²) in [7, 11) is 0. The molecule has 0 spiro atoms. The van der Waals surface area contributed by atoms with Gasteiger partial charge in [0, 0.05) is 42.5 Å². The van der Waals surface area contributed by atoms with Gasteiger partial charge in [-0.05, 0) is 6.08 Å². The topological polar surface area (TPSA) is 47.3 Å². The fourth-order valence-corrected chi connectivity index (χ4v) is 2.18. The van der Waals surface area contributed by atoms with E-state index in [1.807, 2.05) is 0 Å². The Morgan fingerprint density at radius 2 is 2.43 bits per heavy atom. The summed E-state index contributed by atoms with van der Waals surface area (Å²) in [4.78, 5) is 13.2. The van der Waals surface area contributed by atoms with Crippen LogP contribution in [-0.2, 0) is 4.79 Å². The maximum absolute atomic E-state index is 11.4. The zero-order valence-electron chi connectivity index (χ0n) is 7.82. The Balaban J connectivity index is 2.67. The highest BCUT2D eigenvalue weighted by atomic mass is 127. The summed E-state index contributed by atoms with van der Waals surface area (Å²) in [6.45, 7) is 5.75. The van der Waals surface area contributed by atoms with E-state index in [9.17, 15) is 4.79 Å². The minimum absolute atomic E-state index is 0.0103. The predicted molar refractivity (Wildman–Crippen MR) is 61.5 cm³/mol. The maximum Gasteiger partial charge on any atom is 0.246 e. The number of nitriles is 1. The standard InChI is InChI=1S/C9H12IN3O/c1-2-9(14)13-6-5-12(10)7-8(13)3-4-11/h2,8H,1,3,5-7H2. The summed E-state index contributed by atoms with van der Waals surface area (Å²) in [5, 5.41) is 8.64. The number of amides is 1. The van der Waals surface area contributed by atoms with Gasteiger partial charge in [0.2, 0.25) is 5.91 Å². The predicted octanol–water partition coefficient (Wildman–Crippen LogP) is 0.949. The van der Waals surface area contributed by atoms with E-state index < -0.39 is 0 Å². The Kier molecular flexibility index (Phi) is 4.35. The van der Waals surface area contributed by atoms with Crippen molar-refractivity contribution < 1.29 is 4.79 Å². The number of nitrogens with zero attached hydrogens (tertiary/aromatic N) is 3. The lowest BCUT2D eigenvalue weighted by Crippen LogP contribution is -2.51. The minimum atomic E-state index is -0.0743. The molecule has 0 bridgehead atoms. The first kappa shape index (κ1) is 11.5. The van der Waals surface area contributed by atoms with Crippen molar-refractivity contribution >= 4 is 28.8 Å². The summed E-state index contributed by atoms with van der Waals surface area (Å²) in [6, 6.07) is 2.12. The number of hydrogen-bond acceptors (Lipinski definition) is 3. The van der Waals surface area contributed by atoms with Gasteiger partial charge in [-0.2, -0.15) is 5.26 Å². The molecule has 76 valence electrons. The Morgan fingerprint density at radius 3 is 3.00 bits per heavy atom. The molecule has 1 saturated heterocycles. The molecular formula is C9H12IN3O. The Bertz CT molecular complexity index is 274. The number of rotatable bonds is 2. The lowest BCUT2D eigenvalue weighted by Gasteiger charge is -2.37. The van der Waals surface area contributed by atoms with Gasteiger partial charge in [0.15, 0.2) is 0 Å². The number of hydrogen-bond donors (Lipinski definition) is 0. The van der Waals surface area contributed by atoms with Crippen molar-refractivity contribution in [3.8, 4) is 6.07 Å². The zero-order valence-corrected chi connectivity index (χ0v) is 9.98. The summed E-state index contributed by atoms with van der Waals surface area (Å²) in [5.41, 5.74) is 0. The van der Waals surface area contributed by atoms with Crippen LogP contribution in [0.1, 0.15) is 6.42 Å². The fraction of sp³-hybridized carbons (Fsp3) is 0.556. The first-order chi connectivity index (χ1) is 6.69. The van der Waals surface area contributed by atoms with Gasteiger partial charge in [0.25, 0.3) is 0 Å². The summed E-state index contributed by atoms with van der Waals surface area (Å²) >= 11 is 2.22. The molecule has 1 aliphatic heterocycles. The van der Waals surface area contributed by atoms with Gasteiger partial charge in [-0.3, -0.25) is 4.79 Å². The SMILES string of the molecule is C=CC(=O)N1CCN(I)CC1CC#N. The molecule has 1 heterocycles. The average Bonchev–Trinajstić information content (AvgIpc) is 2.17. The smallest absolute Gasteiger partial charge is 0.246 e. The number of halogens is 1. The largest absolute Gasteiger partial charge is 0.333 e. The van der Waals surface area contributed by atoms with Gasteiger partial charge in [0.05, 0.1) is 18.5 Å². The number of carbonyl (C=O) groups is 1. The summed E-state index contributed by atoms with van der Waals surface area (Å²) < 4.78 is 2.10. The second kappa shape index (κ2) is 5.32. The minimum Gasteiger partial charge on any atom is -0.333 e. The van der Waals surface area contributed by atoms with Crippen LogP contribution in [0.25, 0.3) is 0 Å². The fourth-order valence-electron chi connectivity index (χ4n) is 1.50. The van der Waals surface area contributed by atoms with Gasteiger partial charge in [-0.25, -0.2) is 3.11 Å². The van der Waals surface area contributed by atoms with Crippen LogP contribution in [0.3, 0.4) is 0 Å². The first-order valence-electron chi connectivity index (χ1n) is 4.39. The molecular weight excluding hydrogens is 293 g/mol. The molecule has 5 heteroatoms. The molecule has 0 aromatic rings. The molecule has 1 fully saturated rings. The highest BCUT2D eigenvalue weighted by molar-refractivity contribution is 14.1. The first-order valence-corrected chi connectivity index (χ1v) is 5.36. The van der Waals surface area contributed by atoms with E-state index >= 15 is 0 Å². The summed E-state index contributed by atoms with van der Waals surface area (Å²) in [6.07, 6.45) is 1.70. The van der Waals surface area contributed by atoms with Gasteiger partial charge >= 0.3 is 0 Å². The van der Waals surface area contributed by atoms with Crippen LogP contribution in [0, 0.1) is 11.3 Å². The highest BCUT2D eigenvalue weighted by Crippen LogP contribution is 2.15. The van der Waals surface area contributed by atoms with Crippen LogP contribution in [-0.4, -0.2) is 39.6 Å². The number of piperazine rings is 1. The highest BCUT2D eigenvalue weighted by Gasteiger charge is 2.27. The Hall–Kier alpha value is -0.610. The molecule has 1 atom stereocenters. The van der Waals surface area contributed by atoms with Crippen LogP contribution >= 0.6 is 22.9 Å². The van der Waals surface area contributed by atoms with Gasteiger partial charge < -0.3 is 4.90 Å². The third kappa shape index (κ3) is 2.69. The molecule has 0 radical (unpaired) electrons. The normalized spacial score (nSPS) is 22.9. The second-order valence-corrected chi connectivity index (χ2v) is 4.49. The van der Waals surface area contributed by atoms with Crippen molar-refractivity contribution in [3.63, 3.8) is 0 Å². The van der Waals surface area contributed by atoms with Crippen molar-refractivity contribution in [2.45, 2.75) is 12.5 Å². The molecule has 0 N–H and O–H groups in total. The van der Waals surface area contributed by atoms with Crippen LogP contribution in [0.2, 0.25) is 0 Å². The molecule has 14 heavy (non-hydrogen) atoms. The van der Waals surface area contributed by atoms with Gasteiger partial charge in [0.1, 0.15) is 0 Å².